The standard InChI is InChI=1S/C21H20N2O8/c1-13(14-7-8-17-18(9-14)30-12-29-17)23-31-11-20(25)28-10-19(24)22-16-6-4-3-5-15(16)21(26)27-2/h3-9H,10-12H2,1-2H3,(H,22,24)/b23-13+. The van der Waals surface area contributed by atoms with Crippen LogP contribution in [-0.2, 0) is 23.9 Å². The van der Waals surface area contributed by atoms with Gasteiger partial charge in [-0.3, -0.25) is 4.79 Å². The number of hydrogen-bond donors (Lipinski definition) is 1. The van der Waals surface area contributed by atoms with Gasteiger partial charge in [0.2, 0.25) is 13.4 Å². The zero-order chi connectivity index (χ0) is 22.2. The van der Waals surface area contributed by atoms with Gasteiger partial charge in [0.25, 0.3) is 5.91 Å². The molecule has 10 nitrogen and oxygen atoms in total. The van der Waals surface area contributed by atoms with E-state index >= 15 is 0 Å². The summed E-state index contributed by atoms with van der Waals surface area (Å²) in [4.78, 5) is 40.5. The van der Waals surface area contributed by atoms with Gasteiger partial charge in [-0.1, -0.05) is 17.3 Å². The molecule has 0 atom stereocenters. The maximum absolute atomic E-state index is 12.0. The van der Waals surface area contributed by atoms with E-state index in [0.29, 0.717) is 17.2 Å². The number of esters is 2. The third kappa shape index (κ3) is 5.72. The van der Waals surface area contributed by atoms with Crippen LogP contribution in [0.3, 0.4) is 0 Å². The number of methoxy groups -OCH3 is 1. The molecule has 0 unspecified atom stereocenters. The Labute approximate surface area is 177 Å². The van der Waals surface area contributed by atoms with Gasteiger partial charge in [-0.05, 0) is 37.3 Å². The molecule has 1 amide bonds. The highest BCUT2D eigenvalue weighted by Crippen LogP contribution is 2.32. The number of benzene rings is 2. The van der Waals surface area contributed by atoms with Gasteiger partial charge in [-0.2, -0.15) is 0 Å². The molecule has 2 aromatic carbocycles. The zero-order valence-electron chi connectivity index (χ0n) is 16.9. The van der Waals surface area contributed by atoms with E-state index in [1.165, 1.54) is 19.2 Å². The second-order valence-electron chi connectivity index (χ2n) is 6.26. The van der Waals surface area contributed by atoms with Gasteiger partial charge in [-0.15, -0.1) is 0 Å². The maximum atomic E-state index is 12.0. The van der Waals surface area contributed by atoms with Gasteiger partial charge in [0.15, 0.2) is 18.1 Å². The van der Waals surface area contributed by atoms with Crippen LogP contribution in [0.4, 0.5) is 5.69 Å². The van der Waals surface area contributed by atoms with E-state index in [4.69, 9.17) is 19.0 Å². The van der Waals surface area contributed by atoms with E-state index in [9.17, 15) is 14.4 Å². The first kappa shape index (κ1) is 21.6. The minimum Gasteiger partial charge on any atom is -0.465 e. The molecule has 0 spiro atoms. The minimum absolute atomic E-state index is 0.166. The molecule has 1 heterocycles. The fourth-order valence-corrected chi connectivity index (χ4v) is 2.61. The van der Waals surface area contributed by atoms with E-state index < -0.39 is 31.1 Å². The number of fused-ring (bicyclic) bond motifs is 1. The molecule has 10 heteroatoms. The third-order valence-corrected chi connectivity index (χ3v) is 4.14. The number of nitrogens with zero attached hydrogens (tertiary/aromatic N) is 1. The predicted octanol–water partition coefficient (Wildman–Crippen LogP) is 2.12. The number of anilines is 1. The van der Waals surface area contributed by atoms with Crippen molar-refractivity contribution in [1.82, 2.24) is 0 Å². The summed E-state index contributed by atoms with van der Waals surface area (Å²) in [5, 5.41) is 6.35. The van der Waals surface area contributed by atoms with Crippen molar-refractivity contribution in [2.45, 2.75) is 6.92 Å². The SMILES string of the molecule is COC(=O)c1ccccc1NC(=O)COC(=O)CO/N=C(\C)c1ccc2c(c1)OCO2. The van der Waals surface area contributed by atoms with Crippen LogP contribution in [0.2, 0.25) is 0 Å². The first-order valence-corrected chi connectivity index (χ1v) is 9.17. The Kier molecular flexibility index (Phi) is 7.05. The molecule has 0 radical (unpaired) electrons. The number of hydrogen-bond acceptors (Lipinski definition) is 9. The summed E-state index contributed by atoms with van der Waals surface area (Å²) < 4.78 is 20.1. The number of rotatable bonds is 8. The molecule has 1 aliphatic rings. The Morgan fingerprint density at radius 3 is 2.65 bits per heavy atom. The molecule has 3 rings (SSSR count). The lowest BCUT2D eigenvalue weighted by molar-refractivity contribution is -0.151. The molecule has 0 aliphatic carbocycles. The number of carbonyl (C=O) groups excluding carboxylic acids is 3. The Balaban J connectivity index is 1.44. The minimum atomic E-state index is -0.779. The highest BCUT2D eigenvalue weighted by Gasteiger charge is 2.16. The van der Waals surface area contributed by atoms with Crippen molar-refractivity contribution >= 4 is 29.2 Å². The number of nitrogens with one attached hydrogen (secondary N) is 1. The Bertz CT molecular complexity index is 1020. The maximum Gasteiger partial charge on any atom is 0.347 e. The van der Waals surface area contributed by atoms with Crippen molar-refractivity contribution in [3.05, 3.63) is 53.6 Å². The van der Waals surface area contributed by atoms with Crippen molar-refractivity contribution in [2.75, 3.05) is 32.4 Å². The van der Waals surface area contributed by atoms with Gasteiger partial charge in [0.05, 0.1) is 24.1 Å². The lowest BCUT2D eigenvalue weighted by atomic mass is 10.1. The molecule has 2 aromatic rings. The highest BCUT2D eigenvalue weighted by molar-refractivity contribution is 6.02. The van der Waals surface area contributed by atoms with Crippen LogP contribution in [-0.4, -0.2) is 50.7 Å². The summed E-state index contributed by atoms with van der Waals surface area (Å²) in [7, 11) is 1.24. The second-order valence-corrected chi connectivity index (χ2v) is 6.26. The smallest absolute Gasteiger partial charge is 0.347 e. The van der Waals surface area contributed by atoms with Crippen molar-refractivity contribution < 1.29 is 38.2 Å². The molecule has 1 N–H and O–H groups in total. The van der Waals surface area contributed by atoms with Crippen molar-refractivity contribution in [1.29, 1.82) is 0 Å². The Morgan fingerprint density at radius 2 is 1.84 bits per heavy atom. The van der Waals surface area contributed by atoms with Crippen LogP contribution in [0.5, 0.6) is 11.5 Å². The summed E-state index contributed by atoms with van der Waals surface area (Å²) in [6.07, 6.45) is 0. The molecular weight excluding hydrogens is 408 g/mol. The van der Waals surface area contributed by atoms with Crippen molar-refractivity contribution in [3.8, 4) is 11.5 Å². The first-order chi connectivity index (χ1) is 15.0. The van der Waals surface area contributed by atoms with Crippen molar-refractivity contribution in [3.63, 3.8) is 0 Å². The Hall–Kier alpha value is -4.08. The quantitative estimate of drug-likeness (QED) is 0.386. The van der Waals surface area contributed by atoms with Crippen LogP contribution in [0, 0.1) is 0 Å². The average molecular weight is 428 g/mol. The van der Waals surface area contributed by atoms with E-state index in [2.05, 4.69) is 15.2 Å². The molecule has 0 bridgehead atoms. The van der Waals surface area contributed by atoms with E-state index in [1.807, 2.05) is 0 Å². The summed E-state index contributed by atoms with van der Waals surface area (Å²) in [5.41, 5.74) is 1.68. The molecule has 0 saturated heterocycles. The van der Waals surface area contributed by atoms with Crippen LogP contribution in [0.25, 0.3) is 0 Å². The molecule has 0 saturated carbocycles. The zero-order valence-corrected chi connectivity index (χ0v) is 16.9. The largest absolute Gasteiger partial charge is 0.465 e. The van der Waals surface area contributed by atoms with Gasteiger partial charge in [-0.25, -0.2) is 9.59 Å². The Morgan fingerprint density at radius 1 is 1.06 bits per heavy atom. The van der Waals surface area contributed by atoms with Gasteiger partial charge >= 0.3 is 11.9 Å². The van der Waals surface area contributed by atoms with Crippen LogP contribution < -0.4 is 14.8 Å². The fraction of sp³-hybridized carbons (Fsp3) is 0.238. The van der Waals surface area contributed by atoms with Crippen LogP contribution in [0.15, 0.2) is 47.6 Å². The summed E-state index contributed by atoms with van der Waals surface area (Å²) >= 11 is 0. The summed E-state index contributed by atoms with van der Waals surface area (Å²) in [6.45, 7) is 0.838. The molecule has 0 aromatic heterocycles. The molecule has 1 aliphatic heterocycles. The van der Waals surface area contributed by atoms with E-state index in [0.717, 1.165) is 5.56 Å². The van der Waals surface area contributed by atoms with Gasteiger partial charge in [0, 0.05) is 5.56 Å². The highest BCUT2D eigenvalue weighted by atomic mass is 16.7. The van der Waals surface area contributed by atoms with E-state index in [-0.39, 0.29) is 18.0 Å². The lowest BCUT2D eigenvalue weighted by Gasteiger charge is -2.10. The first-order valence-electron chi connectivity index (χ1n) is 9.17. The molecular formula is C21H20N2O8. The summed E-state index contributed by atoms with van der Waals surface area (Å²) in [5.74, 6) is -0.750. The number of carbonyl (C=O) groups is 3. The predicted molar refractivity (Wildman–Crippen MR) is 108 cm³/mol. The fourth-order valence-electron chi connectivity index (χ4n) is 2.61. The number of amides is 1. The number of para-hydroxylation sites is 1. The monoisotopic (exact) mass is 428 g/mol. The molecule has 31 heavy (non-hydrogen) atoms. The summed E-state index contributed by atoms with van der Waals surface area (Å²) in [6, 6.07) is 11.6. The number of oxime groups is 1. The third-order valence-electron chi connectivity index (χ3n) is 4.14. The van der Waals surface area contributed by atoms with E-state index in [1.54, 1.807) is 37.3 Å². The van der Waals surface area contributed by atoms with Crippen LogP contribution >= 0.6 is 0 Å². The van der Waals surface area contributed by atoms with Gasteiger partial charge < -0.3 is 29.1 Å². The second kappa shape index (κ2) is 10.1. The van der Waals surface area contributed by atoms with Crippen molar-refractivity contribution in [2.24, 2.45) is 5.16 Å². The van der Waals surface area contributed by atoms with Crippen LogP contribution in [0.1, 0.15) is 22.8 Å². The van der Waals surface area contributed by atoms with Gasteiger partial charge in [0.1, 0.15) is 0 Å². The molecule has 162 valence electrons. The molecule has 0 fully saturated rings. The number of ether oxygens (including phenoxy) is 4. The average Bonchev–Trinajstić information content (AvgIpc) is 3.25. The lowest BCUT2D eigenvalue weighted by Crippen LogP contribution is -2.23. The normalized spacial score (nSPS) is 12.1. The topological polar surface area (TPSA) is 122 Å².